The van der Waals surface area contributed by atoms with Crippen molar-refractivity contribution in [2.45, 2.75) is 51.8 Å². The second kappa shape index (κ2) is 9.06. The van der Waals surface area contributed by atoms with Crippen LogP contribution in [-0.2, 0) is 4.79 Å². The zero-order chi connectivity index (χ0) is 12.8. The highest BCUT2D eigenvalue weighted by Crippen LogP contribution is 2.22. The molecular formula is C12H27ClN2OS. The maximum atomic E-state index is 11.7. The Morgan fingerprint density at radius 1 is 1.35 bits per heavy atom. The van der Waals surface area contributed by atoms with Crippen molar-refractivity contribution in [3.05, 3.63) is 0 Å². The molecule has 0 aromatic rings. The number of thioether (sulfide) groups is 1. The number of carbonyl (C=O) groups excluding carboxylic acids is 1. The molecule has 17 heavy (non-hydrogen) atoms. The summed E-state index contributed by atoms with van der Waals surface area (Å²) in [7, 11) is 0. The molecule has 0 aliphatic heterocycles. The number of hydrogen-bond donors (Lipinski definition) is 2. The van der Waals surface area contributed by atoms with E-state index in [4.69, 9.17) is 5.73 Å². The molecule has 0 fully saturated rings. The second-order valence-electron chi connectivity index (χ2n) is 5.53. The predicted molar refractivity (Wildman–Crippen MR) is 79.9 cm³/mol. The summed E-state index contributed by atoms with van der Waals surface area (Å²) in [5.41, 5.74) is 5.63. The molecule has 5 heteroatoms. The molecule has 0 aromatic carbocycles. The molecule has 0 rings (SSSR count). The number of nitrogens with one attached hydrogen (secondary N) is 1. The predicted octanol–water partition coefficient (Wildman–Crippen LogP) is 2.43. The molecule has 1 amide bonds. The minimum Gasteiger partial charge on any atom is -0.351 e. The van der Waals surface area contributed by atoms with Gasteiger partial charge in [-0.25, -0.2) is 0 Å². The number of hydrogen-bond acceptors (Lipinski definition) is 3. The lowest BCUT2D eigenvalue weighted by molar-refractivity contribution is -0.119. The molecule has 3 N–H and O–H groups in total. The van der Waals surface area contributed by atoms with Crippen LogP contribution in [0.2, 0.25) is 0 Å². The SMILES string of the molecule is CC(C)CC(CN)NC(=O)CSC(C)(C)C.Cl. The van der Waals surface area contributed by atoms with Crippen molar-refractivity contribution < 1.29 is 4.79 Å². The second-order valence-corrected chi connectivity index (χ2v) is 7.33. The van der Waals surface area contributed by atoms with Gasteiger partial charge in [0.2, 0.25) is 5.91 Å². The summed E-state index contributed by atoms with van der Waals surface area (Å²) >= 11 is 1.66. The minimum absolute atomic E-state index is 0. The molecule has 0 radical (unpaired) electrons. The fourth-order valence-corrected chi connectivity index (χ4v) is 1.98. The molecule has 0 aromatic heterocycles. The lowest BCUT2D eigenvalue weighted by Crippen LogP contribution is -2.42. The molecule has 0 aliphatic carbocycles. The highest BCUT2D eigenvalue weighted by atomic mass is 35.5. The van der Waals surface area contributed by atoms with Crippen LogP contribution in [0.25, 0.3) is 0 Å². The van der Waals surface area contributed by atoms with Crippen LogP contribution in [0.15, 0.2) is 0 Å². The third-order valence-corrected chi connectivity index (χ3v) is 3.31. The lowest BCUT2D eigenvalue weighted by Gasteiger charge is -2.21. The van der Waals surface area contributed by atoms with E-state index in [-0.39, 0.29) is 29.1 Å². The highest BCUT2D eigenvalue weighted by Gasteiger charge is 2.16. The Hall–Kier alpha value is 0.0700. The lowest BCUT2D eigenvalue weighted by atomic mass is 10.0. The molecule has 0 saturated heterocycles. The quantitative estimate of drug-likeness (QED) is 0.787. The van der Waals surface area contributed by atoms with Crippen LogP contribution in [0.4, 0.5) is 0 Å². The third kappa shape index (κ3) is 12.3. The van der Waals surface area contributed by atoms with Crippen LogP contribution < -0.4 is 11.1 Å². The van der Waals surface area contributed by atoms with Crippen molar-refractivity contribution >= 4 is 30.1 Å². The van der Waals surface area contributed by atoms with E-state index < -0.39 is 0 Å². The largest absolute Gasteiger partial charge is 0.351 e. The van der Waals surface area contributed by atoms with E-state index in [0.717, 1.165) is 6.42 Å². The van der Waals surface area contributed by atoms with E-state index in [1.807, 2.05) is 0 Å². The number of carbonyl (C=O) groups is 1. The van der Waals surface area contributed by atoms with Crippen LogP contribution in [0.5, 0.6) is 0 Å². The zero-order valence-electron chi connectivity index (χ0n) is 11.6. The Morgan fingerprint density at radius 3 is 2.24 bits per heavy atom. The number of rotatable bonds is 6. The first-order valence-corrected chi connectivity index (χ1v) is 6.86. The summed E-state index contributed by atoms with van der Waals surface area (Å²) in [6, 6.07) is 0.119. The maximum absolute atomic E-state index is 11.7. The van der Waals surface area contributed by atoms with Gasteiger partial charge in [-0.05, 0) is 12.3 Å². The summed E-state index contributed by atoms with van der Waals surface area (Å²) in [5.74, 6) is 1.16. The van der Waals surface area contributed by atoms with Gasteiger partial charge in [0.05, 0.1) is 5.75 Å². The summed E-state index contributed by atoms with van der Waals surface area (Å²) in [6.45, 7) is 11.1. The van der Waals surface area contributed by atoms with E-state index >= 15 is 0 Å². The first kappa shape index (κ1) is 19.4. The highest BCUT2D eigenvalue weighted by molar-refractivity contribution is 8.01. The first-order chi connectivity index (χ1) is 7.24. The summed E-state index contributed by atoms with van der Waals surface area (Å²) in [5, 5.41) is 2.99. The van der Waals surface area contributed by atoms with Crippen molar-refractivity contribution in [1.29, 1.82) is 0 Å². The van der Waals surface area contributed by atoms with Gasteiger partial charge in [-0.2, -0.15) is 0 Å². The van der Waals surface area contributed by atoms with Gasteiger partial charge in [-0.1, -0.05) is 34.6 Å². The summed E-state index contributed by atoms with van der Waals surface area (Å²) < 4.78 is 0.133. The fourth-order valence-electron chi connectivity index (χ4n) is 1.33. The van der Waals surface area contributed by atoms with Gasteiger partial charge < -0.3 is 11.1 Å². The van der Waals surface area contributed by atoms with Gasteiger partial charge in [0.25, 0.3) is 0 Å². The molecule has 104 valence electrons. The van der Waals surface area contributed by atoms with E-state index in [9.17, 15) is 4.79 Å². The average molecular weight is 283 g/mol. The van der Waals surface area contributed by atoms with Gasteiger partial charge in [0.15, 0.2) is 0 Å². The Kier molecular flexibility index (Phi) is 10.3. The molecule has 0 aliphatic rings. The minimum atomic E-state index is 0. The van der Waals surface area contributed by atoms with E-state index in [1.165, 1.54) is 0 Å². The molecular weight excluding hydrogens is 256 g/mol. The van der Waals surface area contributed by atoms with Crippen LogP contribution in [0.1, 0.15) is 41.0 Å². The standard InChI is InChI=1S/C12H26N2OS.ClH/c1-9(2)6-10(7-13)14-11(15)8-16-12(3,4)5;/h9-10H,6-8,13H2,1-5H3,(H,14,15);1H. The van der Waals surface area contributed by atoms with Crippen LogP contribution in [-0.4, -0.2) is 29.0 Å². The first-order valence-electron chi connectivity index (χ1n) is 5.88. The van der Waals surface area contributed by atoms with Crippen LogP contribution >= 0.6 is 24.2 Å². The van der Waals surface area contributed by atoms with Crippen molar-refractivity contribution in [2.75, 3.05) is 12.3 Å². The topological polar surface area (TPSA) is 55.1 Å². The molecule has 0 bridgehead atoms. The van der Waals surface area contributed by atoms with Gasteiger partial charge >= 0.3 is 0 Å². The molecule has 0 heterocycles. The number of amides is 1. The molecule has 1 unspecified atom stereocenters. The van der Waals surface area contributed by atoms with Crippen molar-refractivity contribution in [3.63, 3.8) is 0 Å². The van der Waals surface area contributed by atoms with Crippen molar-refractivity contribution in [1.82, 2.24) is 5.32 Å². The smallest absolute Gasteiger partial charge is 0.230 e. The molecule has 1 atom stereocenters. The monoisotopic (exact) mass is 282 g/mol. The third-order valence-electron chi connectivity index (χ3n) is 2.04. The van der Waals surface area contributed by atoms with Crippen LogP contribution in [0, 0.1) is 5.92 Å². The number of nitrogens with two attached hydrogens (primary N) is 1. The Labute approximate surface area is 116 Å². The van der Waals surface area contributed by atoms with Gasteiger partial charge in [0, 0.05) is 17.3 Å². The fraction of sp³-hybridized carbons (Fsp3) is 0.917. The van der Waals surface area contributed by atoms with E-state index in [0.29, 0.717) is 18.2 Å². The van der Waals surface area contributed by atoms with Gasteiger partial charge in [-0.15, -0.1) is 24.2 Å². The maximum Gasteiger partial charge on any atom is 0.230 e. The van der Waals surface area contributed by atoms with Crippen LogP contribution in [0.3, 0.4) is 0 Å². The van der Waals surface area contributed by atoms with Gasteiger partial charge in [-0.3, -0.25) is 4.79 Å². The molecule has 0 saturated carbocycles. The molecule has 0 spiro atoms. The average Bonchev–Trinajstić information content (AvgIpc) is 2.12. The van der Waals surface area contributed by atoms with Crippen molar-refractivity contribution in [2.24, 2.45) is 11.7 Å². The van der Waals surface area contributed by atoms with Gasteiger partial charge in [0.1, 0.15) is 0 Å². The van der Waals surface area contributed by atoms with E-state index in [2.05, 4.69) is 39.9 Å². The Balaban J connectivity index is 0. The van der Waals surface area contributed by atoms with Crippen molar-refractivity contribution in [3.8, 4) is 0 Å². The Morgan fingerprint density at radius 2 is 1.88 bits per heavy atom. The number of halogens is 1. The van der Waals surface area contributed by atoms with E-state index in [1.54, 1.807) is 11.8 Å². The normalized spacial score (nSPS) is 13.1. The Bertz CT molecular complexity index is 217. The molecule has 3 nitrogen and oxygen atoms in total. The summed E-state index contributed by atoms with van der Waals surface area (Å²) in [4.78, 5) is 11.7. The zero-order valence-corrected chi connectivity index (χ0v) is 13.2. The summed E-state index contributed by atoms with van der Waals surface area (Å²) in [6.07, 6.45) is 0.947.